The van der Waals surface area contributed by atoms with Crippen molar-refractivity contribution in [2.75, 3.05) is 6.61 Å². The first-order valence-corrected chi connectivity index (χ1v) is 6.30. The van der Waals surface area contributed by atoms with Gasteiger partial charge in [-0.1, -0.05) is 30.3 Å². The maximum absolute atomic E-state index is 14.0. The summed E-state index contributed by atoms with van der Waals surface area (Å²) >= 11 is 0. The third-order valence-corrected chi connectivity index (χ3v) is 2.85. The Morgan fingerprint density at radius 3 is 2.40 bits per heavy atom. The average molecular weight is 276 g/mol. The van der Waals surface area contributed by atoms with Gasteiger partial charge in [0, 0.05) is 11.1 Å². The van der Waals surface area contributed by atoms with Crippen LogP contribution in [-0.4, -0.2) is 12.6 Å². The molecule has 0 spiro atoms. The highest BCUT2D eigenvalue weighted by atomic mass is 19.1. The molecule has 0 heterocycles. The van der Waals surface area contributed by atoms with Gasteiger partial charge >= 0.3 is 5.97 Å². The predicted octanol–water partition coefficient (Wildman–Crippen LogP) is 3.74. The van der Waals surface area contributed by atoms with Gasteiger partial charge in [0.15, 0.2) is 0 Å². The quantitative estimate of drug-likeness (QED) is 0.795. The van der Waals surface area contributed by atoms with Crippen LogP contribution in [0.1, 0.15) is 12.5 Å². The van der Waals surface area contributed by atoms with Crippen LogP contribution in [0.2, 0.25) is 0 Å². The maximum atomic E-state index is 14.0. The van der Waals surface area contributed by atoms with Gasteiger partial charge in [0.25, 0.3) is 0 Å². The van der Waals surface area contributed by atoms with Crippen LogP contribution >= 0.6 is 0 Å². The molecule has 0 bridgehead atoms. The third-order valence-electron chi connectivity index (χ3n) is 2.85. The highest BCUT2D eigenvalue weighted by Crippen LogP contribution is 2.26. The summed E-state index contributed by atoms with van der Waals surface area (Å²) in [6.45, 7) is 1.99. The van der Waals surface area contributed by atoms with Crippen molar-refractivity contribution in [2.45, 2.75) is 13.3 Å². The maximum Gasteiger partial charge on any atom is 0.310 e. The molecule has 0 atom stereocenters. The van der Waals surface area contributed by atoms with Gasteiger partial charge in [-0.2, -0.15) is 0 Å². The van der Waals surface area contributed by atoms with E-state index in [1.165, 1.54) is 24.3 Å². The monoisotopic (exact) mass is 276 g/mol. The number of ether oxygens (including phenoxy) is 1. The van der Waals surface area contributed by atoms with Crippen molar-refractivity contribution < 1.29 is 18.3 Å². The molecule has 0 saturated heterocycles. The van der Waals surface area contributed by atoms with Crippen LogP contribution in [0.4, 0.5) is 8.78 Å². The molecule has 0 aliphatic rings. The standard InChI is InChI=1S/C16H14F2O2/c1-2-20-16(19)10-11-7-8-13(15(18)9-11)12-5-3-4-6-14(12)17/h3-9H,2,10H2,1H3. The largest absolute Gasteiger partial charge is 0.466 e. The second kappa shape index (κ2) is 6.28. The molecule has 0 aliphatic heterocycles. The smallest absolute Gasteiger partial charge is 0.310 e. The lowest BCUT2D eigenvalue weighted by atomic mass is 10.0. The van der Waals surface area contributed by atoms with E-state index in [1.54, 1.807) is 25.1 Å². The molecule has 0 aliphatic carbocycles. The Bertz CT molecular complexity index is 624. The first-order valence-electron chi connectivity index (χ1n) is 6.30. The molecule has 2 aromatic carbocycles. The summed E-state index contributed by atoms with van der Waals surface area (Å²) < 4.78 is 32.5. The number of rotatable bonds is 4. The van der Waals surface area contributed by atoms with E-state index < -0.39 is 17.6 Å². The highest BCUT2D eigenvalue weighted by molar-refractivity contribution is 5.73. The molecule has 4 heteroatoms. The zero-order valence-corrected chi connectivity index (χ0v) is 11.0. The summed E-state index contributed by atoms with van der Waals surface area (Å²) in [6.07, 6.45) is 0.00229. The minimum atomic E-state index is -0.558. The molecule has 0 saturated carbocycles. The number of carbonyl (C=O) groups is 1. The molecule has 0 radical (unpaired) electrons. The molecule has 0 aromatic heterocycles. The van der Waals surface area contributed by atoms with E-state index in [0.717, 1.165) is 0 Å². The number of halogens is 2. The zero-order valence-electron chi connectivity index (χ0n) is 11.0. The Balaban J connectivity index is 2.27. The number of hydrogen-bond acceptors (Lipinski definition) is 2. The lowest BCUT2D eigenvalue weighted by molar-refractivity contribution is -0.142. The van der Waals surface area contributed by atoms with Crippen LogP contribution in [0.3, 0.4) is 0 Å². The van der Waals surface area contributed by atoms with Gasteiger partial charge in [0.05, 0.1) is 13.0 Å². The van der Waals surface area contributed by atoms with Crippen molar-refractivity contribution >= 4 is 5.97 Å². The number of hydrogen-bond donors (Lipinski definition) is 0. The van der Waals surface area contributed by atoms with Crippen molar-refractivity contribution in [3.05, 3.63) is 59.7 Å². The summed E-state index contributed by atoms with van der Waals surface area (Å²) in [5.74, 6) is -1.45. The van der Waals surface area contributed by atoms with Crippen LogP contribution < -0.4 is 0 Å². The van der Waals surface area contributed by atoms with Gasteiger partial charge in [-0.15, -0.1) is 0 Å². The molecular weight excluding hydrogens is 262 g/mol. The van der Waals surface area contributed by atoms with Crippen LogP contribution in [0.5, 0.6) is 0 Å². The van der Waals surface area contributed by atoms with Crippen molar-refractivity contribution in [2.24, 2.45) is 0 Å². The summed E-state index contributed by atoms with van der Waals surface area (Å²) in [6, 6.07) is 10.3. The van der Waals surface area contributed by atoms with Gasteiger partial charge < -0.3 is 4.74 Å². The Morgan fingerprint density at radius 2 is 1.75 bits per heavy atom. The van der Waals surface area contributed by atoms with E-state index in [-0.39, 0.29) is 24.2 Å². The van der Waals surface area contributed by atoms with Gasteiger partial charge in [-0.25, -0.2) is 8.78 Å². The van der Waals surface area contributed by atoms with Gasteiger partial charge in [0.2, 0.25) is 0 Å². The molecular formula is C16H14F2O2. The van der Waals surface area contributed by atoms with Gasteiger partial charge in [-0.3, -0.25) is 4.79 Å². The molecule has 0 amide bonds. The fraction of sp³-hybridized carbons (Fsp3) is 0.188. The molecule has 0 N–H and O–H groups in total. The molecule has 2 rings (SSSR count). The third kappa shape index (κ3) is 3.20. The van der Waals surface area contributed by atoms with E-state index in [4.69, 9.17) is 4.74 Å². The summed E-state index contributed by atoms with van der Waals surface area (Å²) in [7, 11) is 0. The van der Waals surface area contributed by atoms with Crippen molar-refractivity contribution in [3.63, 3.8) is 0 Å². The minimum Gasteiger partial charge on any atom is -0.466 e. The van der Waals surface area contributed by atoms with Crippen molar-refractivity contribution in [3.8, 4) is 11.1 Å². The Morgan fingerprint density at radius 1 is 1.05 bits per heavy atom. The second-order valence-electron chi connectivity index (χ2n) is 4.28. The number of benzene rings is 2. The highest BCUT2D eigenvalue weighted by Gasteiger charge is 2.11. The lowest BCUT2D eigenvalue weighted by Gasteiger charge is -2.07. The Kier molecular flexibility index (Phi) is 4.45. The number of esters is 1. The van der Waals surface area contributed by atoms with Crippen molar-refractivity contribution in [1.82, 2.24) is 0 Å². The van der Waals surface area contributed by atoms with Crippen molar-refractivity contribution in [1.29, 1.82) is 0 Å². The van der Waals surface area contributed by atoms with Gasteiger partial charge in [-0.05, 0) is 24.6 Å². The fourth-order valence-electron chi connectivity index (χ4n) is 1.95. The molecule has 2 aromatic rings. The summed E-state index contributed by atoms with van der Waals surface area (Å²) in [4.78, 5) is 11.3. The van der Waals surface area contributed by atoms with E-state index in [1.807, 2.05) is 0 Å². The second-order valence-corrected chi connectivity index (χ2v) is 4.28. The average Bonchev–Trinajstić information content (AvgIpc) is 2.40. The van der Waals surface area contributed by atoms with Crippen LogP contribution in [0.15, 0.2) is 42.5 Å². The van der Waals surface area contributed by atoms with E-state index in [9.17, 15) is 13.6 Å². The van der Waals surface area contributed by atoms with Crippen LogP contribution in [0, 0.1) is 11.6 Å². The van der Waals surface area contributed by atoms with Crippen LogP contribution in [0.25, 0.3) is 11.1 Å². The normalized spacial score (nSPS) is 10.3. The molecule has 0 unspecified atom stereocenters. The Labute approximate surface area is 116 Å². The summed E-state index contributed by atoms with van der Waals surface area (Å²) in [5, 5.41) is 0. The Hall–Kier alpha value is -2.23. The van der Waals surface area contributed by atoms with E-state index >= 15 is 0 Å². The molecule has 0 fully saturated rings. The zero-order chi connectivity index (χ0) is 14.5. The lowest BCUT2D eigenvalue weighted by Crippen LogP contribution is -2.07. The first kappa shape index (κ1) is 14.2. The number of carbonyl (C=O) groups excluding carboxylic acids is 1. The molecule has 2 nitrogen and oxygen atoms in total. The van der Waals surface area contributed by atoms with E-state index in [2.05, 4.69) is 0 Å². The topological polar surface area (TPSA) is 26.3 Å². The molecule has 104 valence electrons. The first-order chi connectivity index (χ1) is 9.61. The summed E-state index contributed by atoms with van der Waals surface area (Å²) in [5.41, 5.74) is 0.879. The van der Waals surface area contributed by atoms with Crippen LogP contribution in [-0.2, 0) is 16.0 Å². The van der Waals surface area contributed by atoms with Gasteiger partial charge in [0.1, 0.15) is 11.6 Å². The fourth-order valence-corrected chi connectivity index (χ4v) is 1.95. The minimum absolute atomic E-state index is 0.00229. The molecule has 20 heavy (non-hydrogen) atoms. The SMILES string of the molecule is CCOC(=O)Cc1ccc(-c2ccccc2F)c(F)c1. The van der Waals surface area contributed by atoms with E-state index in [0.29, 0.717) is 5.56 Å². The predicted molar refractivity (Wildman–Crippen MR) is 72.1 cm³/mol.